The van der Waals surface area contributed by atoms with E-state index in [0.717, 1.165) is 18.5 Å². The molecule has 7 nitrogen and oxygen atoms in total. The highest BCUT2D eigenvalue weighted by molar-refractivity contribution is 5.95. The average Bonchev–Trinajstić information content (AvgIpc) is 2.99. The third-order valence-corrected chi connectivity index (χ3v) is 3.60. The van der Waals surface area contributed by atoms with E-state index in [1.54, 1.807) is 23.0 Å². The van der Waals surface area contributed by atoms with E-state index in [0.29, 0.717) is 23.7 Å². The Balaban J connectivity index is 2.26. The summed E-state index contributed by atoms with van der Waals surface area (Å²) in [5, 5.41) is 15.3. The Morgan fingerprint density at radius 3 is 2.70 bits per heavy atom. The Morgan fingerprint density at radius 1 is 1.35 bits per heavy atom. The summed E-state index contributed by atoms with van der Waals surface area (Å²) in [7, 11) is 1.54. The number of nitrogens with one attached hydrogen (secondary N) is 1. The van der Waals surface area contributed by atoms with Gasteiger partial charge in [-0.05, 0) is 25.8 Å². The molecule has 1 amide bonds. The first kappa shape index (κ1) is 16.9. The van der Waals surface area contributed by atoms with Gasteiger partial charge in [0.2, 0.25) is 5.88 Å². The predicted octanol–water partition coefficient (Wildman–Crippen LogP) is 2.15. The SMILES string of the molecule is CCC[C@@H](C)NC(=O)c1cnn(-c2ccc(OC)nn2)c1CC. The summed E-state index contributed by atoms with van der Waals surface area (Å²) in [6.45, 7) is 6.09. The molecule has 124 valence electrons. The molecule has 0 aliphatic heterocycles. The van der Waals surface area contributed by atoms with Gasteiger partial charge in [-0.25, -0.2) is 4.68 Å². The van der Waals surface area contributed by atoms with Gasteiger partial charge in [-0.15, -0.1) is 10.2 Å². The van der Waals surface area contributed by atoms with Crippen molar-refractivity contribution in [2.24, 2.45) is 0 Å². The first-order valence-electron chi connectivity index (χ1n) is 7.86. The number of methoxy groups -OCH3 is 1. The fraction of sp³-hybridized carbons (Fsp3) is 0.500. The van der Waals surface area contributed by atoms with Crippen molar-refractivity contribution in [3.05, 3.63) is 29.6 Å². The largest absolute Gasteiger partial charge is 0.480 e. The molecular formula is C16H23N5O2. The lowest BCUT2D eigenvalue weighted by Crippen LogP contribution is -2.32. The molecule has 2 aromatic rings. The molecule has 0 bridgehead atoms. The van der Waals surface area contributed by atoms with E-state index in [1.807, 2.05) is 13.8 Å². The van der Waals surface area contributed by atoms with Crippen LogP contribution >= 0.6 is 0 Å². The summed E-state index contributed by atoms with van der Waals surface area (Å²) in [5.74, 6) is 0.893. The maximum Gasteiger partial charge on any atom is 0.254 e. The number of rotatable bonds is 7. The van der Waals surface area contributed by atoms with E-state index in [2.05, 4.69) is 27.5 Å². The second kappa shape index (κ2) is 7.71. The van der Waals surface area contributed by atoms with Crippen molar-refractivity contribution in [1.29, 1.82) is 0 Å². The zero-order valence-electron chi connectivity index (χ0n) is 14.0. The molecule has 2 rings (SSSR count). The first-order chi connectivity index (χ1) is 11.1. The molecular weight excluding hydrogens is 294 g/mol. The molecule has 0 radical (unpaired) electrons. The monoisotopic (exact) mass is 317 g/mol. The second-order valence-electron chi connectivity index (χ2n) is 5.37. The summed E-state index contributed by atoms with van der Waals surface area (Å²) in [6, 6.07) is 3.62. The van der Waals surface area contributed by atoms with Crippen LogP contribution in [0.5, 0.6) is 5.88 Å². The van der Waals surface area contributed by atoms with Crippen LogP contribution in [0, 0.1) is 0 Å². The third kappa shape index (κ3) is 3.85. The van der Waals surface area contributed by atoms with Crippen molar-refractivity contribution < 1.29 is 9.53 Å². The first-order valence-corrected chi connectivity index (χ1v) is 7.86. The highest BCUT2D eigenvalue weighted by Crippen LogP contribution is 2.15. The molecule has 0 spiro atoms. The smallest absolute Gasteiger partial charge is 0.254 e. The van der Waals surface area contributed by atoms with Gasteiger partial charge >= 0.3 is 0 Å². The van der Waals surface area contributed by atoms with Crippen LogP contribution in [-0.2, 0) is 6.42 Å². The van der Waals surface area contributed by atoms with Crippen LogP contribution < -0.4 is 10.1 Å². The van der Waals surface area contributed by atoms with Crippen molar-refractivity contribution in [3.63, 3.8) is 0 Å². The van der Waals surface area contributed by atoms with E-state index < -0.39 is 0 Å². The van der Waals surface area contributed by atoms with Crippen LogP contribution in [0.15, 0.2) is 18.3 Å². The highest BCUT2D eigenvalue weighted by atomic mass is 16.5. The van der Waals surface area contributed by atoms with Crippen molar-refractivity contribution in [3.8, 4) is 11.7 Å². The Morgan fingerprint density at radius 2 is 2.13 bits per heavy atom. The number of amides is 1. The van der Waals surface area contributed by atoms with Crippen LogP contribution in [-0.4, -0.2) is 39.0 Å². The summed E-state index contributed by atoms with van der Waals surface area (Å²) in [6.07, 6.45) is 4.23. The minimum absolute atomic E-state index is 0.101. The van der Waals surface area contributed by atoms with E-state index in [1.165, 1.54) is 7.11 Å². The Bertz CT molecular complexity index is 651. The van der Waals surface area contributed by atoms with Gasteiger partial charge in [-0.3, -0.25) is 4.79 Å². The van der Waals surface area contributed by atoms with Crippen LogP contribution in [0.25, 0.3) is 5.82 Å². The Labute approximate surface area is 136 Å². The van der Waals surface area contributed by atoms with Gasteiger partial charge in [-0.1, -0.05) is 20.3 Å². The van der Waals surface area contributed by atoms with E-state index in [9.17, 15) is 4.79 Å². The van der Waals surface area contributed by atoms with Crippen LogP contribution in [0.3, 0.4) is 0 Å². The lowest BCUT2D eigenvalue weighted by Gasteiger charge is -2.13. The van der Waals surface area contributed by atoms with Crippen molar-refractivity contribution >= 4 is 5.91 Å². The fourth-order valence-corrected chi connectivity index (χ4v) is 2.44. The van der Waals surface area contributed by atoms with E-state index >= 15 is 0 Å². The molecule has 0 saturated heterocycles. The Hall–Kier alpha value is -2.44. The summed E-state index contributed by atoms with van der Waals surface area (Å²) in [4.78, 5) is 12.4. The van der Waals surface area contributed by atoms with Crippen molar-refractivity contribution in [2.75, 3.05) is 7.11 Å². The second-order valence-corrected chi connectivity index (χ2v) is 5.37. The van der Waals surface area contributed by atoms with E-state index in [-0.39, 0.29) is 11.9 Å². The van der Waals surface area contributed by atoms with E-state index in [4.69, 9.17) is 4.74 Å². The minimum Gasteiger partial charge on any atom is -0.480 e. The number of hydrogen-bond donors (Lipinski definition) is 1. The molecule has 23 heavy (non-hydrogen) atoms. The number of aromatic nitrogens is 4. The van der Waals surface area contributed by atoms with Gasteiger partial charge in [-0.2, -0.15) is 5.10 Å². The summed E-state index contributed by atoms with van der Waals surface area (Å²) < 4.78 is 6.65. The number of carbonyl (C=O) groups excluding carboxylic acids is 1. The fourth-order valence-electron chi connectivity index (χ4n) is 2.44. The van der Waals surface area contributed by atoms with Gasteiger partial charge in [0.25, 0.3) is 5.91 Å². The number of nitrogens with zero attached hydrogens (tertiary/aromatic N) is 4. The number of carbonyl (C=O) groups is 1. The summed E-state index contributed by atoms with van der Waals surface area (Å²) in [5.41, 5.74) is 1.39. The maximum absolute atomic E-state index is 12.4. The molecule has 0 unspecified atom stereocenters. The zero-order chi connectivity index (χ0) is 16.8. The molecule has 2 aromatic heterocycles. The highest BCUT2D eigenvalue weighted by Gasteiger charge is 2.19. The van der Waals surface area contributed by atoms with Gasteiger partial charge in [0.1, 0.15) is 0 Å². The predicted molar refractivity (Wildman–Crippen MR) is 86.9 cm³/mol. The molecule has 1 atom stereocenters. The molecule has 1 N–H and O–H groups in total. The van der Waals surface area contributed by atoms with Gasteiger partial charge in [0.05, 0.1) is 24.6 Å². The van der Waals surface area contributed by atoms with Crippen LogP contribution in [0.2, 0.25) is 0 Å². The average molecular weight is 317 g/mol. The molecule has 0 saturated carbocycles. The van der Waals surface area contributed by atoms with Crippen LogP contribution in [0.4, 0.5) is 0 Å². The van der Waals surface area contributed by atoms with Gasteiger partial charge in [0.15, 0.2) is 5.82 Å². The van der Waals surface area contributed by atoms with Gasteiger partial charge in [0, 0.05) is 12.1 Å². The molecule has 0 aromatic carbocycles. The molecule has 0 aliphatic rings. The molecule has 2 heterocycles. The quantitative estimate of drug-likeness (QED) is 0.846. The topological polar surface area (TPSA) is 81.9 Å². The lowest BCUT2D eigenvalue weighted by atomic mass is 10.1. The third-order valence-electron chi connectivity index (χ3n) is 3.60. The lowest BCUT2D eigenvalue weighted by molar-refractivity contribution is 0.0937. The zero-order valence-corrected chi connectivity index (χ0v) is 14.0. The standard InChI is InChI=1S/C16H23N5O2/c1-5-7-11(3)18-16(22)12-10-17-21(13(12)6-2)14-8-9-15(23-4)20-19-14/h8-11H,5-7H2,1-4H3,(H,18,22)/t11-/m1/s1. The normalized spacial score (nSPS) is 12.0. The van der Waals surface area contributed by atoms with Gasteiger partial charge < -0.3 is 10.1 Å². The van der Waals surface area contributed by atoms with Crippen molar-refractivity contribution in [1.82, 2.24) is 25.3 Å². The maximum atomic E-state index is 12.4. The minimum atomic E-state index is -0.101. The molecule has 7 heteroatoms. The Kier molecular flexibility index (Phi) is 5.67. The molecule has 0 fully saturated rings. The summed E-state index contributed by atoms with van der Waals surface area (Å²) >= 11 is 0. The number of ether oxygens (including phenoxy) is 1. The number of hydrogen-bond acceptors (Lipinski definition) is 5. The van der Waals surface area contributed by atoms with Crippen molar-refractivity contribution in [2.45, 2.75) is 46.1 Å². The van der Waals surface area contributed by atoms with Crippen LogP contribution in [0.1, 0.15) is 49.7 Å². The molecule has 0 aliphatic carbocycles.